The van der Waals surface area contributed by atoms with Crippen LogP contribution >= 0.6 is 11.8 Å². The molecule has 0 aliphatic carbocycles. The van der Waals surface area contributed by atoms with Gasteiger partial charge in [0.15, 0.2) is 0 Å². The van der Waals surface area contributed by atoms with Gasteiger partial charge in [0, 0.05) is 11.1 Å². The minimum Gasteiger partial charge on any atom is -0.394 e. The SMILES string of the molecule is OCCOCCSc1ncnc2ccccc12. The lowest BCUT2D eigenvalue weighted by Gasteiger charge is -2.04. The smallest absolute Gasteiger partial charge is 0.117 e. The number of thioether (sulfide) groups is 1. The van der Waals surface area contributed by atoms with E-state index in [-0.39, 0.29) is 6.61 Å². The Balaban J connectivity index is 1.98. The van der Waals surface area contributed by atoms with Crippen LogP contribution in [0.15, 0.2) is 35.6 Å². The molecule has 0 spiro atoms. The fraction of sp³-hybridized carbons (Fsp3) is 0.333. The van der Waals surface area contributed by atoms with Gasteiger partial charge in [0.1, 0.15) is 11.4 Å². The summed E-state index contributed by atoms with van der Waals surface area (Å²) in [5.41, 5.74) is 0.960. The lowest BCUT2D eigenvalue weighted by molar-refractivity contribution is 0.103. The third-order valence-corrected chi connectivity index (χ3v) is 3.18. The zero-order chi connectivity index (χ0) is 11.9. The summed E-state index contributed by atoms with van der Waals surface area (Å²) < 4.78 is 5.20. The summed E-state index contributed by atoms with van der Waals surface area (Å²) in [6, 6.07) is 7.95. The molecule has 0 aliphatic rings. The summed E-state index contributed by atoms with van der Waals surface area (Å²) in [4.78, 5) is 8.48. The van der Waals surface area contributed by atoms with Gasteiger partial charge in [-0.05, 0) is 6.07 Å². The van der Waals surface area contributed by atoms with Gasteiger partial charge < -0.3 is 9.84 Å². The second-order valence-corrected chi connectivity index (χ2v) is 4.46. The highest BCUT2D eigenvalue weighted by atomic mass is 32.2. The highest BCUT2D eigenvalue weighted by molar-refractivity contribution is 7.99. The number of aliphatic hydroxyl groups excluding tert-OH is 1. The zero-order valence-electron chi connectivity index (χ0n) is 9.37. The number of nitrogens with zero attached hydrogens (tertiary/aromatic N) is 2. The Labute approximate surface area is 104 Å². The summed E-state index contributed by atoms with van der Waals surface area (Å²) >= 11 is 1.64. The molecule has 0 amide bonds. The molecule has 0 fully saturated rings. The Kier molecular flexibility index (Phi) is 4.73. The number of aromatic nitrogens is 2. The largest absolute Gasteiger partial charge is 0.394 e. The van der Waals surface area contributed by atoms with Crippen molar-refractivity contribution in [3.05, 3.63) is 30.6 Å². The van der Waals surface area contributed by atoms with Crippen LogP contribution in [0, 0.1) is 0 Å². The number of ether oxygens (including phenoxy) is 1. The van der Waals surface area contributed by atoms with E-state index >= 15 is 0 Å². The van der Waals surface area contributed by atoms with Crippen LogP contribution in [0.3, 0.4) is 0 Å². The normalized spacial score (nSPS) is 10.9. The Bertz CT molecular complexity index is 474. The van der Waals surface area contributed by atoms with Gasteiger partial charge in [-0.3, -0.25) is 0 Å². The van der Waals surface area contributed by atoms with Gasteiger partial charge in [-0.25, -0.2) is 9.97 Å². The average molecular weight is 250 g/mol. The van der Waals surface area contributed by atoms with E-state index in [0.29, 0.717) is 13.2 Å². The molecule has 0 aliphatic heterocycles. The van der Waals surface area contributed by atoms with Crippen molar-refractivity contribution in [2.75, 3.05) is 25.6 Å². The third-order valence-electron chi connectivity index (χ3n) is 2.21. The van der Waals surface area contributed by atoms with Crippen molar-refractivity contribution in [1.82, 2.24) is 9.97 Å². The molecule has 0 unspecified atom stereocenters. The van der Waals surface area contributed by atoms with Gasteiger partial charge in [-0.15, -0.1) is 11.8 Å². The molecule has 90 valence electrons. The molecule has 1 heterocycles. The maximum atomic E-state index is 8.57. The Morgan fingerprint density at radius 1 is 1.18 bits per heavy atom. The van der Waals surface area contributed by atoms with Gasteiger partial charge in [-0.2, -0.15) is 0 Å². The molecule has 17 heavy (non-hydrogen) atoms. The minimum absolute atomic E-state index is 0.0705. The van der Waals surface area contributed by atoms with Crippen LogP contribution in [-0.4, -0.2) is 40.6 Å². The molecule has 0 bridgehead atoms. The molecular formula is C12H14N2O2S. The maximum absolute atomic E-state index is 8.57. The molecular weight excluding hydrogens is 236 g/mol. The van der Waals surface area contributed by atoms with Crippen LogP contribution in [0.1, 0.15) is 0 Å². The van der Waals surface area contributed by atoms with Crippen LogP contribution < -0.4 is 0 Å². The van der Waals surface area contributed by atoms with Crippen LogP contribution in [0.5, 0.6) is 0 Å². The fourth-order valence-corrected chi connectivity index (χ4v) is 2.30. The second-order valence-electron chi connectivity index (χ2n) is 3.38. The number of rotatable bonds is 6. The number of benzene rings is 1. The first-order chi connectivity index (χ1) is 8.42. The van der Waals surface area contributed by atoms with Crippen LogP contribution in [0.25, 0.3) is 10.9 Å². The van der Waals surface area contributed by atoms with E-state index in [2.05, 4.69) is 9.97 Å². The van der Waals surface area contributed by atoms with Gasteiger partial charge in [0.2, 0.25) is 0 Å². The van der Waals surface area contributed by atoms with E-state index in [4.69, 9.17) is 9.84 Å². The monoisotopic (exact) mass is 250 g/mol. The van der Waals surface area contributed by atoms with E-state index in [1.54, 1.807) is 18.1 Å². The van der Waals surface area contributed by atoms with Gasteiger partial charge in [-0.1, -0.05) is 18.2 Å². The van der Waals surface area contributed by atoms with E-state index in [9.17, 15) is 0 Å². The number of para-hydroxylation sites is 1. The Morgan fingerprint density at radius 3 is 2.94 bits per heavy atom. The van der Waals surface area contributed by atoms with Crippen molar-refractivity contribution in [1.29, 1.82) is 0 Å². The summed E-state index contributed by atoms with van der Waals surface area (Å²) in [6.45, 7) is 1.08. The summed E-state index contributed by atoms with van der Waals surface area (Å²) in [7, 11) is 0. The Hall–Kier alpha value is -1.17. The molecule has 2 rings (SSSR count). The average Bonchev–Trinajstić information content (AvgIpc) is 2.39. The first kappa shape index (κ1) is 12.3. The third kappa shape index (κ3) is 3.39. The van der Waals surface area contributed by atoms with Crippen molar-refractivity contribution in [2.24, 2.45) is 0 Å². The molecule has 0 radical (unpaired) electrons. The quantitative estimate of drug-likeness (QED) is 0.481. The summed E-state index contributed by atoms with van der Waals surface area (Å²) in [6.07, 6.45) is 1.58. The lowest BCUT2D eigenvalue weighted by Crippen LogP contribution is -2.02. The highest BCUT2D eigenvalue weighted by Gasteiger charge is 2.02. The van der Waals surface area contributed by atoms with Crippen LogP contribution in [0.4, 0.5) is 0 Å². The predicted molar refractivity (Wildman–Crippen MR) is 68.2 cm³/mol. The number of hydrogen-bond donors (Lipinski definition) is 1. The minimum atomic E-state index is 0.0705. The standard InChI is InChI=1S/C12H14N2O2S/c15-5-6-16-7-8-17-12-10-3-1-2-4-11(10)13-9-14-12/h1-4,9,15H,5-8H2. The number of aliphatic hydroxyl groups is 1. The van der Waals surface area contributed by atoms with Crippen molar-refractivity contribution in [3.8, 4) is 0 Å². The van der Waals surface area contributed by atoms with Crippen LogP contribution in [-0.2, 0) is 4.74 Å². The molecule has 0 saturated carbocycles. The molecule has 1 aromatic heterocycles. The van der Waals surface area contributed by atoms with E-state index in [1.807, 2.05) is 24.3 Å². The molecule has 1 aromatic carbocycles. The van der Waals surface area contributed by atoms with Crippen molar-refractivity contribution >= 4 is 22.7 Å². The van der Waals surface area contributed by atoms with Crippen molar-refractivity contribution in [2.45, 2.75) is 5.03 Å². The van der Waals surface area contributed by atoms with Gasteiger partial charge >= 0.3 is 0 Å². The summed E-state index contributed by atoms with van der Waals surface area (Å²) in [5.74, 6) is 0.820. The molecule has 0 saturated heterocycles. The summed E-state index contributed by atoms with van der Waals surface area (Å²) in [5, 5.41) is 10.6. The highest BCUT2D eigenvalue weighted by Crippen LogP contribution is 2.23. The molecule has 5 heteroatoms. The van der Waals surface area contributed by atoms with E-state index in [1.165, 1.54) is 0 Å². The predicted octanol–water partition coefficient (Wildman–Crippen LogP) is 1.73. The van der Waals surface area contributed by atoms with Gasteiger partial charge in [0.05, 0.1) is 25.3 Å². The first-order valence-corrected chi connectivity index (χ1v) is 6.41. The molecule has 2 aromatic rings. The number of fused-ring (bicyclic) bond motifs is 1. The van der Waals surface area contributed by atoms with Crippen molar-refractivity contribution in [3.63, 3.8) is 0 Å². The van der Waals surface area contributed by atoms with Gasteiger partial charge in [0.25, 0.3) is 0 Å². The van der Waals surface area contributed by atoms with E-state index in [0.717, 1.165) is 21.7 Å². The molecule has 0 atom stereocenters. The zero-order valence-corrected chi connectivity index (χ0v) is 10.2. The Morgan fingerprint density at radius 2 is 2.06 bits per heavy atom. The first-order valence-electron chi connectivity index (χ1n) is 5.43. The molecule has 1 N–H and O–H groups in total. The van der Waals surface area contributed by atoms with E-state index < -0.39 is 0 Å². The van der Waals surface area contributed by atoms with Crippen LogP contribution in [0.2, 0.25) is 0 Å². The lowest BCUT2D eigenvalue weighted by atomic mass is 10.2. The fourth-order valence-electron chi connectivity index (χ4n) is 1.46. The second kappa shape index (κ2) is 6.54. The van der Waals surface area contributed by atoms with Crippen molar-refractivity contribution < 1.29 is 9.84 Å². The topological polar surface area (TPSA) is 55.2 Å². The maximum Gasteiger partial charge on any atom is 0.117 e. The molecule has 4 nitrogen and oxygen atoms in total. The number of hydrogen-bond acceptors (Lipinski definition) is 5.